The van der Waals surface area contributed by atoms with Crippen LogP contribution in [0.1, 0.15) is 60.3 Å². The molecule has 0 radical (unpaired) electrons. The zero-order valence-electron chi connectivity index (χ0n) is 14.5. The van der Waals surface area contributed by atoms with Gasteiger partial charge in [0.15, 0.2) is 0 Å². The zero-order chi connectivity index (χ0) is 15.2. The molecule has 0 heterocycles. The van der Waals surface area contributed by atoms with Crippen molar-refractivity contribution in [3.63, 3.8) is 0 Å². The lowest BCUT2D eigenvalue weighted by Crippen LogP contribution is -2.57. The first kappa shape index (κ1) is 17.9. The van der Waals surface area contributed by atoms with Crippen LogP contribution in [0.5, 0.6) is 0 Å². The van der Waals surface area contributed by atoms with Crippen molar-refractivity contribution in [1.29, 1.82) is 0 Å². The Labute approximate surface area is 126 Å². The van der Waals surface area contributed by atoms with Crippen LogP contribution in [0.25, 0.3) is 0 Å². The second-order valence-electron chi connectivity index (χ2n) is 6.98. The maximum atomic E-state index is 6.57. The van der Waals surface area contributed by atoms with Gasteiger partial charge in [-0.2, -0.15) is 0 Å². The molecule has 1 saturated carbocycles. The highest BCUT2D eigenvalue weighted by Gasteiger charge is 2.38. The fourth-order valence-corrected chi connectivity index (χ4v) is 3.64. The average molecular weight is 284 g/mol. The quantitative estimate of drug-likeness (QED) is 0.743. The van der Waals surface area contributed by atoms with Crippen molar-refractivity contribution in [1.82, 2.24) is 9.80 Å². The molecule has 0 saturated heterocycles. The van der Waals surface area contributed by atoms with Gasteiger partial charge in [0.25, 0.3) is 0 Å². The van der Waals surface area contributed by atoms with Crippen molar-refractivity contribution in [3.8, 4) is 0 Å². The van der Waals surface area contributed by atoms with Gasteiger partial charge in [0.05, 0.1) is 0 Å². The van der Waals surface area contributed by atoms with E-state index in [9.17, 15) is 0 Å². The van der Waals surface area contributed by atoms with Crippen molar-refractivity contribution >= 4 is 0 Å². The first-order valence-electron chi connectivity index (χ1n) is 8.68. The van der Waals surface area contributed by atoms with E-state index in [0.29, 0.717) is 17.5 Å². The molecule has 120 valence electrons. The topological polar surface area (TPSA) is 32.5 Å². The summed E-state index contributed by atoms with van der Waals surface area (Å²) in [5.41, 5.74) is 6.87. The van der Waals surface area contributed by atoms with Crippen molar-refractivity contribution in [2.45, 2.75) is 72.4 Å². The molecule has 0 spiro atoms. The van der Waals surface area contributed by atoms with E-state index in [-0.39, 0.29) is 0 Å². The molecule has 2 N–H and O–H groups in total. The van der Waals surface area contributed by atoms with E-state index in [4.69, 9.17) is 5.73 Å². The largest absolute Gasteiger partial charge is 0.326 e. The van der Waals surface area contributed by atoms with Crippen molar-refractivity contribution in [2.75, 3.05) is 32.7 Å². The maximum absolute atomic E-state index is 6.57. The minimum Gasteiger partial charge on any atom is -0.326 e. The lowest BCUT2D eigenvalue weighted by Gasteiger charge is -2.46. The molecule has 0 aromatic heterocycles. The van der Waals surface area contributed by atoms with Gasteiger partial charge in [0, 0.05) is 12.1 Å². The molecule has 1 fully saturated rings. The summed E-state index contributed by atoms with van der Waals surface area (Å²) in [5.74, 6) is 0. The summed E-state index contributed by atoms with van der Waals surface area (Å²) < 4.78 is 0. The van der Waals surface area contributed by atoms with Crippen LogP contribution in [0.4, 0.5) is 0 Å². The lowest BCUT2D eigenvalue weighted by atomic mass is 9.71. The van der Waals surface area contributed by atoms with Crippen molar-refractivity contribution in [3.05, 3.63) is 0 Å². The highest BCUT2D eigenvalue weighted by Crippen LogP contribution is 2.36. The van der Waals surface area contributed by atoms with Crippen LogP contribution in [-0.2, 0) is 0 Å². The molecule has 1 aliphatic carbocycles. The Morgan fingerprint density at radius 1 is 1.05 bits per heavy atom. The predicted molar refractivity (Wildman–Crippen MR) is 89.0 cm³/mol. The Morgan fingerprint density at radius 2 is 1.70 bits per heavy atom. The number of hydrogen-bond acceptors (Lipinski definition) is 3. The van der Waals surface area contributed by atoms with Crippen LogP contribution in [-0.4, -0.2) is 54.6 Å². The third-order valence-corrected chi connectivity index (χ3v) is 5.33. The van der Waals surface area contributed by atoms with Gasteiger partial charge in [-0.3, -0.25) is 4.90 Å². The Hall–Kier alpha value is -0.120. The number of hydrogen-bond donors (Lipinski definition) is 1. The summed E-state index contributed by atoms with van der Waals surface area (Å²) in [6.07, 6.45) is 5.16. The van der Waals surface area contributed by atoms with E-state index < -0.39 is 0 Å². The zero-order valence-corrected chi connectivity index (χ0v) is 14.5. The van der Waals surface area contributed by atoms with Crippen LogP contribution in [0, 0.1) is 5.41 Å². The molecule has 0 bridgehead atoms. The average Bonchev–Trinajstić information content (AvgIpc) is 2.43. The van der Waals surface area contributed by atoms with Crippen LogP contribution in [0.15, 0.2) is 0 Å². The molecule has 2 unspecified atom stereocenters. The van der Waals surface area contributed by atoms with E-state index in [2.05, 4.69) is 44.4 Å². The molecule has 0 aromatic carbocycles. The molecule has 1 rings (SSSR count). The molecule has 3 heteroatoms. The molecular formula is C17H37N3. The minimum absolute atomic E-state index is 0.301. The number of rotatable bonds is 8. The Balaban J connectivity index is 2.49. The summed E-state index contributed by atoms with van der Waals surface area (Å²) in [6, 6.07) is 0.908. The van der Waals surface area contributed by atoms with Crippen LogP contribution < -0.4 is 5.73 Å². The van der Waals surface area contributed by atoms with Crippen molar-refractivity contribution in [2.24, 2.45) is 11.1 Å². The van der Waals surface area contributed by atoms with E-state index >= 15 is 0 Å². The third kappa shape index (κ3) is 4.71. The number of nitrogens with two attached hydrogens (primary N) is 1. The Kier molecular flexibility index (Phi) is 7.49. The molecule has 0 amide bonds. The van der Waals surface area contributed by atoms with Crippen LogP contribution in [0.2, 0.25) is 0 Å². The van der Waals surface area contributed by atoms with Gasteiger partial charge in [-0.15, -0.1) is 0 Å². The monoisotopic (exact) mass is 283 g/mol. The first-order chi connectivity index (χ1) is 9.46. The predicted octanol–water partition coefficient (Wildman–Crippen LogP) is 2.95. The standard InChI is InChI=1S/C17H37N3/c1-6-19(7-2)13-10-14-20(8-3)15-11-9-12-17(4,5)16(15)18/h15-16H,6-14,18H2,1-5H3. The Morgan fingerprint density at radius 3 is 2.25 bits per heavy atom. The third-order valence-electron chi connectivity index (χ3n) is 5.33. The lowest BCUT2D eigenvalue weighted by molar-refractivity contribution is 0.0684. The van der Waals surface area contributed by atoms with E-state index in [1.807, 2.05) is 0 Å². The van der Waals surface area contributed by atoms with Gasteiger partial charge >= 0.3 is 0 Å². The summed E-state index contributed by atoms with van der Waals surface area (Å²) >= 11 is 0. The summed E-state index contributed by atoms with van der Waals surface area (Å²) in [5, 5.41) is 0. The molecule has 0 aromatic rings. The van der Waals surface area contributed by atoms with E-state index in [1.165, 1.54) is 51.9 Å². The van der Waals surface area contributed by atoms with Gasteiger partial charge in [-0.25, -0.2) is 0 Å². The SMILES string of the molecule is CCN(CC)CCCN(CC)C1CCCC(C)(C)C1N. The van der Waals surface area contributed by atoms with Gasteiger partial charge in [0.2, 0.25) is 0 Å². The molecule has 3 nitrogen and oxygen atoms in total. The van der Waals surface area contributed by atoms with Gasteiger partial charge in [0.1, 0.15) is 0 Å². The molecular weight excluding hydrogens is 246 g/mol. The Bertz CT molecular complexity index is 261. The normalized spacial score (nSPS) is 26.4. The number of likely N-dealkylation sites (N-methyl/N-ethyl adjacent to an activating group) is 1. The highest BCUT2D eigenvalue weighted by atomic mass is 15.2. The smallest absolute Gasteiger partial charge is 0.0252 e. The van der Waals surface area contributed by atoms with Gasteiger partial charge in [-0.1, -0.05) is 41.0 Å². The molecule has 0 aliphatic heterocycles. The summed E-state index contributed by atoms with van der Waals surface area (Å²) in [6.45, 7) is 17.3. The van der Waals surface area contributed by atoms with Crippen molar-refractivity contribution < 1.29 is 0 Å². The van der Waals surface area contributed by atoms with Crippen LogP contribution >= 0.6 is 0 Å². The number of nitrogens with zero attached hydrogens (tertiary/aromatic N) is 2. The van der Waals surface area contributed by atoms with E-state index in [1.54, 1.807) is 0 Å². The summed E-state index contributed by atoms with van der Waals surface area (Å²) in [7, 11) is 0. The second kappa shape index (κ2) is 8.35. The molecule has 2 atom stereocenters. The molecule has 1 aliphatic rings. The highest BCUT2D eigenvalue weighted by molar-refractivity contribution is 4.96. The van der Waals surface area contributed by atoms with Gasteiger partial charge < -0.3 is 10.6 Å². The summed E-state index contributed by atoms with van der Waals surface area (Å²) in [4.78, 5) is 5.15. The maximum Gasteiger partial charge on any atom is 0.0252 e. The second-order valence-corrected chi connectivity index (χ2v) is 6.98. The first-order valence-corrected chi connectivity index (χ1v) is 8.68. The van der Waals surface area contributed by atoms with E-state index in [0.717, 1.165) is 6.54 Å². The molecule has 20 heavy (non-hydrogen) atoms. The fourth-order valence-electron chi connectivity index (χ4n) is 3.64. The minimum atomic E-state index is 0.301. The van der Waals surface area contributed by atoms with Gasteiger partial charge in [-0.05, 0) is 57.4 Å². The van der Waals surface area contributed by atoms with Crippen LogP contribution in [0.3, 0.4) is 0 Å². The fraction of sp³-hybridized carbons (Fsp3) is 1.00.